The van der Waals surface area contributed by atoms with E-state index in [4.69, 9.17) is 10.1 Å². The third kappa shape index (κ3) is 6.29. The van der Waals surface area contributed by atoms with Gasteiger partial charge in [-0.25, -0.2) is 4.79 Å². The zero-order valence-electron chi connectivity index (χ0n) is 15.8. The Balaban J connectivity index is 2.08. The third-order valence-electron chi connectivity index (χ3n) is 3.55. The highest BCUT2D eigenvalue weighted by Crippen LogP contribution is 2.30. The molecule has 0 heterocycles. The second kappa shape index (κ2) is 8.33. The molecule has 0 radical (unpaired) electrons. The molecule has 5 nitrogen and oxygen atoms in total. The summed E-state index contributed by atoms with van der Waals surface area (Å²) in [6.07, 6.45) is -5.03. The van der Waals surface area contributed by atoms with Crippen LogP contribution in [-0.4, -0.2) is 24.0 Å². The molecular formula is C20H22F3N3O2. The van der Waals surface area contributed by atoms with E-state index in [1.807, 2.05) is 0 Å². The first-order valence-corrected chi connectivity index (χ1v) is 8.54. The van der Waals surface area contributed by atoms with Gasteiger partial charge in [0, 0.05) is 16.9 Å². The van der Waals surface area contributed by atoms with Crippen LogP contribution >= 0.6 is 0 Å². The zero-order valence-corrected chi connectivity index (χ0v) is 15.8. The molecule has 2 rings (SSSR count). The van der Waals surface area contributed by atoms with Crippen molar-refractivity contribution in [3.05, 3.63) is 59.7 Å². The van der Waals surface area contributed by atoms with Crippen LogP contribution in [0.3, 0.4) is 0 Å². The molecule has 0 saturated heterocycles. The number of alkyl carbamates (subject to hydrolysis) is 1. The van der Waals surface area contributed by atoms with Crippen LogP contribution in [0, 0.1) is 5.41 Å². The average Bonchev–Trinajstić information content (AvgIpc) is 2.58. The molecule has 0 bridgehead atoms. The van der Waals surface area contributed by atoms with Gasteiger partial charge in [0.05, 0.1) is 17.8 Å². The summed E-state index contributed by atoms with van der Waals surface area (Å²) in [6.45, 7) is 5.16. The average molecular weight is 393 g/mol. The van der Waals surface area contributed by atoms with E-state index in [2.05, 4.69) is 10.6 Å². The lowest BCUT2D eigenvalue weighted by molar-refractivity contribution is -0.137. The van der Waals surface area contributed by atoms with Gasteiger partial charge in [-0.05, 0) is 51.1 Å². The van der Waals surface area contributed by atoms with Crippen LogP contribution in [-0.2, 0) is 10.9 Å². The van der Waals surface area contributed by atoms with E-state index in [0.29, 0.717) is 16.9 Å². The lowest BCUT2D eigenvalue weighted by Crippen LogP contribution is -2.35. The largest absolute Gasteiger partial charge is 0.444 e. The van der Waals surface area contributed by atoms with Crippen LogP contribution in [0.15, 0.2) is 48.5 Å². The van der Waals surface area contributed by atoms with Gasteiger partial charge in [-0.2, -0.15) is 13.2 Å². The third-order valence-corrected chi connectivity index (χ3v) is 3.55. The van der Waals surface area contributed by atoms with Crippen molar-refractivity contribution in [1.29, 1.82) is 5.41 Å². The number of ether oxygens (including phenoxy) is 1. The Morgan fingerprint density at radius 3 is 2.21 bits per heavy atom. The Bertz CT molecular complexity index is 841. The first-order valence-electron chi connectivity index (χ1n) is 8.54. The number of hydrogen-bond acceptors (Lipinski definition) is 4. The second-order valence-corrected chi connectivity index (χ2v) is 7.08. The molecule has 0 aromatic heterocycles. The Hall–Kier alpha value is -3.03. The van der Waals surface area contributed by atoms with Crippen molar-refractivity contribution in [2.75, 3.05) is 11.9 Å². The summed E-state index contributed by atoms with van der Waals surface area (Å²) < 4.78 is 43.2. The van der Waals surface area contributed by atoms with Gasteiger partial charge < -0.3 is 20.8 Å². The van der Waals surface area contributed by atoms with E-state index < -0.39 is 23.4 Å². The number of carbonyl (C=O) groups is 1. The number of halogens is 3. The van der Waals surface area contributed by atoms with E-state index in [1.165, 1.54) is 12.1 Å². The molecular weight excluding hydrogens is 371 g/mol. The van der Waals surface area contributed by atoms with Gasteiger partial charge in [0.2, 0.25) is 0 Å². The standard InChI is InChI=1S/C20H22F3N3O2/c1-19(2,3)28-18(27)25-12-16(24)15-6-4-5-7-17(15)26-14-10-8-13(9-11-14)20(21,22)23/h4-11,24,26H,12H2,1-3H3,(H,25,27). The van der Waals surface area contributed by atoms with Crippen LogP contribution in [0.2, 0.25) is 0 Å². The molecule has 0 unspecified atom stereocenters. The van der Waals surface area contributed by atoms with Crippen molar-refractivity contribution in [2.24, 2.45) is 0 Å². The van der Waals surface area contributed by atoms with Gasteiger partial charge >= 0.3 is 12.3 Å². The van der Waals surface area contributed by atoms with Gasteiger partial charge in [0.1, 0.15) is 5.60 Å². The fourth-order valence-electron chi connectivity index (χ4n) is 2.32. The number of para-hydroxylation sites is 1. The summed E-state index contributed by atoms with van der Waals surface area (Å²) in [4.78, 5) is 11.7. The monoisotopic (exact) mass is 393 g/mol. The van der Waals surface area contributed by atoms with Gasteiger partial charge in [-0.3, -0.25) is 0 Å². The van der Waals surface area contributed by atoms with E-state index in [1.54, 1.807) is 45.0 Å². The number of amides is 1. The van der Waals surface area contributed by atoms with Gasteiger partial charge in [-0.15, -0.1) is 0 Å². The zero-order chi connectivity index (χ0) is 20.9. The summed E-state index contributed by atoms with van der Waals surface area (Å²) in [5.74, 6) is 0. The molecule has 1 amide bonds. The Morgan fingerprint density at radius 1 is 1.04 bits per heavy atom. The number of nitrogens with one attached hydrogen (secondary N) is 3. The van der Waals surface area contributed by atoms with Gasteiger partial charge in [-0.1, -0.05) is 18.2 Å². The molecule has 0 aliphatic rings. The maximum Gasteiger partial charge on any atom is 0.416 e. The van der Waals surface area contributed by atoms with Gasteiger partial charge in [0.25, 0.3) is 0 Å². The first kappa shape index (κ1) is 21.3. The molecule has 0 spiro atoms. The van der Waals surface area contributed by atoms with Crippen molar-refractivity contribution < 1.29 is 22.7 Å². The lowest BCUT2D eigenvalue weighted by atomic mass is 10.1. The Morgan fingerprint density at radius 2 is 1.64 bits per heavy atom. The minimum atomic E-state index is -4.40. The van der Waals surface area contributed by atoms with Crippen LogP contribution in [0.4, 0.5) is 29.3 Å². The quantitative estimate of drug-likeness (QED) is 0.600. The minimum Gasteiger partial charge on any atom is -0.444 e. The first-order chi connectivity index (χ1) is 13.0. The highest BCUT2D eigenvalue weighted by Gasteiger charge is 2.30. The topological polar surface area (TPSA) is 74.2 Å². The molecule has 0 aliphatic heterocycles. The number of rotatable bonds is 5. The van der Waals surface area contributed by atoms with Crippen LogP contribution < -0.4 is 10.6 Å². The smallest absolute Gasteiger partial charge is 0.416 e. The summed E-state index contributed by atoms with van der Waals surface area (Å²) in [7, 11) is 0. The number of alkyl halides is 3. The molecule has 0 saturated carbocycles. The summed E-state index contributed by atoms with van der Waals surface area (Å²) >= 11 is 0. The molecule has 2 aromatic carbocycles. The van der Waals surface area contributed by atoms with E-state index in [-0.39, 0.29) is 12.3 Å². The number of hydrogen-bond donors (Lipinski definition) is 3. The second-order valence-electron chi connectivity index (χ2n) is 7.08. The predicted molar refractivity (Wildman–Crippen MR) is 102 cm³/mol. The molecule has 150 valence electrons. The van der Waals surface area contributed by atoms with Crippen LogP contribution in [0.25, 0.3) is 0 Å². The predicted octanol–water partition coefficient (Wildman–Crippen LogP) is 5.34. The van der Waals surface area contributed by atoms with E-state index >= 15 is 0 Å². The van der Waals surface area contributed by atoms with Gasteiger partial charge in [0.15, 0.2) is 0 Å². The fraction of sp³-hybridized carbons (Fsp3) is 0.300. The number of carbonyl (C=O) groups excluding carboxylic acids is 1. The molecule has 0 atom stereocenters. The number of anilines is 2. The summed E-state index contributed by atoms with van der Waals surface area (Å²) in [5.41, 5.74) is 0.250. The van der Waals surface area contributed by atoms with Crippen molar-refractivity contribution in [1.82, 2.24) is 5.32 Å². The normalized spacial score (nSPS) is 11.6. The number of benzene rings is 2. The fourth-order valence-corrected chi connectivity index (χ4v) is 2.32. The highest BCUT2D eigenvalue weighted by atomic mass is 19.4. The summed E-state index contributed by atoms with van der Waals surface area (Å²) in [6, 6.07) is 11.5. The molecule has 28 heavy (non-hydrogen) atoms. The minimum absolute atomic E-state index is 0.0549. The molecule has 8 heteroatoms. The molecule has 3 N–H and O–H groups in total. The molecule has 0 fully saturated rings. The van der Waals surface area contributed by atoms with E-state index in [0.717, 1.165) is 12.1 Å². The van der Waals surface area contributed by atoms with Crippen molar-refractivity contribution in [3.8, 4) is 0 Å². The Labute approximate surface area is 161 Å². The van der Waals surface area contributed by atoms with Crippen LogP contribution in [0.1, 0.15) is 31.9 Å². The van der Waals surface area contributed by atoms with Crippen molar-refractivity contribution in [2.45, 2.75) is 32.5 Å². The Kier molecular flexibility index (Phi) is 6.33. The van der Waals surface area contributed by atoms with Crippen molar-refractivity contribution >= 4 is 23.2 Å². The summed E-state index contributed by atoms with van der Waals surface area (Å²) in [5, 5.41) is 13.7. The van der Waals surface area contributed by atoms with Crippen molar-refractivity contribution in [3.63, 3.8) is 0 Å². The maximum absolute atomic E-state index is 12.7. The van der Waals surface area contributed by atoms with Crippen LogP contribution in [0.5, 0.6) is 0 Å². The van der Waals surface area contributed by atoms with E-state index in [9.17, 15) is 18.0 Å². The molecule has 0 aliphatic carbocycles. The maximum atomic E-state index is 12.7. The molecule has 2 aromatic rings. The lowest BCUT2D eigenvalue weighted by Gasteiger charge is -2.20. The highest BCUT2D eigenvalue weighted by molar-refractivity contribution is 6.05. The SMILES string of the molecule is CC(C)(C)OC(=O)NCC(=N)c1ccccc1Nc1ccc(C(F)(F)F)cc1.